The van der Waals surface area contributed by atoms with Gasteiger partial charge in [-0.05, 0) is 32.1 Å². The fourth-order valence-corrected chi connectivity index (χ4v) is 9.16. The summed E-state index contributed by atoms with van der Waals surface area (Å²) in [7, 11) is 3.24. The summed E-state index contributed by atoms with van der Waals surface area (Å²) in [6, 6.07) is 7.64. The number of aliphatic hydroxyl groups excluding tert-OH is 2. The lowest BCUT2D eigenvalue weighted by atomic mass is 9.78. The standard InChI is InChI=1S/C46H54N4O12S/c1-21-14-13-15-22(2)44(58)48-35-28(20-47-49-45-50(9)29-16-11-12-17-31(29)63-45)39(55)32-33(40(35)56)38(54)26(6)42-34(32)43(57)46(8,62-42)60-19-18-30(59-10)23(3)41(61-27(7)51)25(5)37(53)24(4)36(21)52/h11-21,23-25,30,36-37,41,52-56H,1-10H3,(H,48,58)/b14-13+,19-18+,22-15-,47-20+,49-45-. The molecule has 3 aromatic carbocycles. The molecular formula is C46H54N4O12S. The van der Waals surface area contributed by atoms with Gasteiger partial charge in [-0.25, -0.2) is 0 Å². The zero-order valence-corrected chi connectivity index (χ0v) is 37.6. The van der Waals surface area contributed by atoms with Crippen molar-refractivity contribution in [3.63, 3.8) is 0 Å². The fraction of sp³-hybridized carbons (Fsp3) is 0.413. The van der Waals surface area contributed by atoms with Crippen LogP contribution in [-0.2, 0) is 30.8 Å². The van der Waals surface area contributed by atoms with Crippen LogP contribution in [0.3, 0.4) is 0 Å². The molecule has 336 valence electrons. The summed E-state index contributed by atoms with van der Waals surface area (Å²) in [5.41, 5.74) is 0.257. The van der Waals surface area contributed by atoms with Crippen molar-refractivity contribution in [1.82, 2.24) is 4.57 Å². The number of rotatable bonds is 4. The van der Waals surface area contributed by atoms with Crippen LogP contribution in [0, 0.1) is 30.6 Å². The number of thiazole rings is 1. The number of amides is 1. The molecule has 16 nitrogen and oxygen atoms in total. The van der Waals surface area contributed by atoms with Gasteiger partial charge >= 0.3 is 11.8 Å². The number of aliphatic hydroxyl groups is 2. The number of para-hydroxylation sites is 1. The van der Waals surface area contributed by atoms with Crippen LogP contribution in [0.25, 0.3) is 21.0 Å². The van der Waals surface area contributed by atoms with Gasteiger partial charge in [0.15, 0.2) is 5.75 Å². The Morgan fingerprint density at radius 3 is 2.33 bits per heavy atom. The Morgan fingerprint density at radius 2 is 1.67 bits per heavy atom. The van der Waals surface area contributed by atoms with Crippen molar-refractivity contribution in [2.45, 2.75) is 85.6 Å². The van der Waals surface area contributed by atoms with Gasteiger partial charge in [0.2, 0.25) is 4.80 Å². The average molecular weight is 887 g/mol. The molecule has 6 N–H and O–H groups in total. The van der Waals surface area contributed by atoms with E-state index >= 15 is 0 Å². The third kappa shape index (κ3) is 8.70. The number of phenolic OH excluding ortho intramolecular Hbond substituents is 3. The molecule has 0 fully saturated rings. The fourth-order valence-electron chi connectivity index (χ4n) is 8.19. The highest BCUT2D eigenvalue weighted by Gasteiger charge is 2.50. The number of ketones is 1. The first-order chi connectivity index (χ1) is 29.7. The minimum absolute atomic E-state index is 0.0280. The van der Waals surface area contributed by atoms with E-state index in [2.05, 4.69) is 15.5 Å². The number of ether oxygens (including phenoxy) is 4. The second kappa shape index (κ2) is 18.4. The minimum atomic E-state index is -2.08. The summed E-state index contributed by atoms with van der Waals surface area (Å²) in [5, 5.41) is 69.3. The van der Waals surface area contributed by atoms with Crippen LogP contribution in [0.4, 0.5) is 5.69 Å². The highest BCUT2D eigenvalue weighted by atomic mass is 32.1. The number of hydrogen-bond acceptors (Lipinski definition) is 15. The SMILES string of the molecule is COC1/C=C/OC2(C)Oc3c(C)c(O)c4c(O)c(c(/C=N/N=c5\sc6ccccc6n5C)c(O)c4c3C2=O)NC(=O)/C(C)=C\C=C\C(C)C(O)C(C)C(O)C(C)C(OC(C)=O)C1C. The zero-order chi connectivity index (χ0) is 46.2. The number of carbonyl (C=O) groups is 3. The normalized spacial score (nSPS) is 29.4. The molecular weight excluding hydrogens is 833 g/mol. The van der Waals surface area contributed by atoms with Gasteiger partial charge in [-0.1, -0.05) is 69.4 Å². The molecule has 1 amide bonds. The quantitative estimate of drug-likeness (QED) is 0.0440. The predicted molar refractivity (Wildman–Crippen MR) is 238 cm³/mol. The number of aromatic nitrogens is 1. The van der Waals surface area contributed by atoms with Crippen LogP contribution in [0.15, 0.2) is 70.6 Å². The van der Waals surface area contributed by atoms with Crippen LogP contribution >= 0.6 is 11.3 Å². The van der Waals surface area contributed by atoms with Crippen molar-refractivity contribution in [2.24, 2.45) is 40.9 Å². The second-order valence-electron chi connectivity index (χ2n) is 16.4. The van der Waals surface area contributed by atoms with Gasteiger partial charge in [-0.3, -0.25) is 14.4 Å². The Bertz CT molecular complexity index is 2660. The third-order valence-corrected chi connectivity index (χ3v) is 13.2. The molecule has 1 aromatic heterocycles. The van der Waals surface area contributed by atoms with Gasteiger partial charge in [0.05, 0.1) is 63.2 Å². The maximum atomic E-state index is 14.5. The molecule has 3 aliphatic heterocycles. The molecule has 63 heavy (non-hydrogen) atoms. The molecule has 7 rings (SSSR count). The number of anilines is 1. The number of esters is 1. The number of fused-ring (bicyclic) bond motifs is 15. The highest BCUT2D eigenvalue weighted by Crippen LogP contribution is 2.55. The van der Waals surface area contributed by atoms with Crippen LogP contribution in [0.1, 0.15) is 70.0 Å². The van der Waals surface area contributed by atoms with Crippen LogP contribution in [0.5, 0.6) is 23.0 Å². The van der Waals surface area contributed by atoms with E-state index < -0.39 is 88.8 Å². The van der Waals surface area contributed by atoms with Crippen molar-refractivity contribution in [1.29, 1.82) is 0 Å². The van der Waals surface area contributed by atoms with E-state index in [9.17, 15) is 39.9 Å². The number of methoxy groups -OCH3 is 1. The molecule has 0 radical (unpaired) electrons. The maximum absolute atomic E-state index is 14.5. The molecule has 3 aliphatic rings. The number of nitrogens with one attached hydrogen (secondary N) is 1. The summed E-state index contributed by atoms with van der Waals surface area (Å²) in [4.78, 5) is 41.2. The number of hydrogen-bond donors (Lipinski definition) is 6. The van der Waals surface area contributed by atoms with E-state index in [1.54, 1.807) is 39.8 Å². The van der Waals surface area contributed by atoms with Crippen molar-refractivity contribution in [3.05, 3.63) is 81.9 Å². The van der Waals surface area contributed by atoms with E-state index in [1.165, 1.54) is 64.6 Å². The van der Waals surface area contributed by atoms with Gasteiger partial charge in [-0.2, -0.15) is 5.10 Å². The first-order valence-electron chi connectivity index (χ1n) is 20.4. The lowest BCUT2D eigenvalue weighted by molar-refractivity contribution is -0.160. The number of carbonyl (C=O) groups excluding carboxylic acids is 3. The van der Waals surface area contributed by atoms with Gasteiger partial charge in [0, 0.05) is 68.2 Å². The van der Waals surface area contributed by atoms with Crippen LogP contribution in [-0.4, -0.2) is 91.3 Å². The first-order valence-corrected chi connectivity index (χ1v) is 21.2. The summed E-state index contributed by atoms with van der Waals surface area (Å²) < 4.78 is 26.4. The topological polar surface area (TPSA) is 231 Å². The molecule has 4 aromatic rings. The molecule has 9 atom stereocenters. The lowest BCUT2D eigenvalue weighted by Crippen LogP contribution is -2.46. The minimum Gasteiger partial charge on any atom is -0.507 e. The van der Waals surface area contributed by atoms with Gasteiger partial charge in [0.1, 0.15) is 23.4 Å². The molecule has 0 saturated heterocycles. The zero-order valence-electron chi connectivity index (χ0n) is 36.7. The van der Waals surface area contributed by atoms with E-state index in [0.29, 0.717) is 4.80 Å². The van der Waals surface area contributed by atoms with E-state index in [4.69, 9.17) is 18.9 Å². The summed E-state index contributed by atoms with van der Waals surface area (Å²) >= 11 is 1.36. The van der Waals surface area contributed by atoms with Crippen molar-refractivity contribution in [2.75, 3.05) is 12.4 Å². The molecule has 4 heterocycles. The monoisotopic (exact) mass is 886 g/mol. The lowest BCUT2D eigenvalue weighted by Gasteiger charge is -2.38. The predicted octanol–water partition coefficient (Wildman–Crippen LogP) is 6.24. The van der Waals surface area contributed by atoms with Crippen LogP contribution in [0.2, 0.25) is 0 Å². The largest absolute Gasteiger partial charge is 0.507 e. The van der Waals surface area contributed by atoms with Gasteiger partial charge in [-0.15, -0.1) is 5.10 Å². The van der Waals surface area contributed by atoms with Crippen molar-refractivity contribution < 1.29 is 58.9 Å². The van der Waals surface area contributed by atoms with Gasteiger partial charge in [0.25, 0.3) is 11.7 Å². The number of Topliss-reactive ketones (excluding diaryl/α,β-unsaturated/α-hetero) is 1. The molecule has 0 aliphatic carbocycles. The number of benzene rings is 3. The molecule has 5 bridgehead atoms. The third-order valence-electron chi connectivity index (χ3n) is 12.1. The van der Waals surface area contributed by atoms with Gasteiger partial charge < -0.3 is 54.4 Å². The van der Waals surface area contributed by atoms with E-state index in [0.717, 1.165) is 16.4 Å². The average Bonchev–Trinajstić information content (AvgIpc) is 3.71. The number of phenols is 3. The van der Waals surface area contributed by atoms with Crippen molar-refractivity contribution in [3.8, 4) is 23.0 Å². The number of aromatic hydroxyl groups is 3. The number of nitrogens with zero attached hydrogens (tertiary/aromatic N) is 3. The summed E-state index contributed by atoms with van der Waals surface area (Å²) in [5.74, 6) is -8.73. The second-order valence-corrected chi connectivity index (χ2v) is 17.4. The Morgan fingerprint density at radius 1 is 0.968 bits per heavy atom. The number of allylic oxidation sites excluding steroid dienone is 2. The van der Waals surface area contributed by atoms with E-state index in [1.807, 2.05) is 35.9 Å². The van der Waals surface area contributed by atoms with E-state index in [-0.39, 0.29) is 44.5 Å². The highest BCUT2D eigenvalue weighted by molar-refractivity contribution is 7.16. The summed E-state index contributed by atoms with van der Waals surface area (Å²) in [6.45, 7) is 12.4. The molecule has 0 spiro atoms. The Labute approximate surface area is 368 Å². The summed E-state index contributed by atoms with van der Waals surface area (Å²) in [6.07, 6.45) is 4.55. The van der Waals surface area contributed by atoms with Crippen molar-refractivity contribution >= 4 is 61.9 Å². The first kappa shape index (κ1) is 46.5. The molecule has 9 unspecified atom stereocenters. The number of aryl methyl sites for hydroxylation is 1. The Kier molecular flexibility index (Phi) is 13.6. The molecule has 0 saturated carbocycles. The Balaban J connectivity index is 1.55. The smallest absolute Gasteiger partial charge is 0.312 e. The maximum Gasteiger partial charge on any atom is 0.312 e. The Hall–Kier alpha value is -6.01. The molecule has 17 heteroatoms. The van der Waals surface area contributed by atoms with Crippen LogP contribution < -0.4 is 14.9 Å².